The molecule has 1 aliphatic heterocycles. The highest BCUT2D eigenvalue weighted by Crippen LogP contribution is 2.23. The second-order valence-corrected chi connectivity index (χ2v) is 8.60. The number of carbonyl (C=O) groups excluding carboxylic acids is 2. The quantitative estimate of drug-likeness (QED) is 0.826. The number of nitrogens with zero attached hydrogens (tertiary/aromatic N) is 3. The fourth-order valence-corrected chi connectivity index (χ4v) is 3.41. The summed E-state index contributed by atoms with van der Waals surface area (Å²) in [4.78, 5) is 28.8. The number of benzene rings is 1. The summed E-state index contributed by atoms with van der Waals surface area (Å²) in [6.07, 6.45) is -1.10. The summed E-state index contributed by atoms with van der Waals surface area (Å²) < 4.78 is 33.9. The smallest absolute Gasteiger partial charge is 0.422 e. The van der Waals surface area contributed by atoms with Crippen LogP contribution in [0.4, 0.5) is 16.2 Å². The van der Waals surface area contributed by atoms with E-state index in [2.05, 4.69) is 9.71 Å². The Balaban J connectivity index is 2.01. The lowest BCUT2D eigenvalue weighted by Crippen LogP contribution is -2.39. The van der Waals surface area contributed by atoms with Crippen molar-refractivity contribution in [3.8, 4) is 0 Å². The maximum atomic E-state index is 11.9. The van der Waals surface area contributed by atoms with Crippen LogP contribution in [0.5, 0.6) is 0 Å². The minimum Gasteiger partial charge on any atom is -0.443 e. The SMILES string of the molecule is CN1C(=O)CS/C1=N\c1ccc([N]S(=O)(=O)NC(=O)OC(C)(C)C)cc1. The van der Waals surface area contributed by atoms with E-state index in [0.717, 1.165) is 0 Å². The topological polar surface area (TPSA) is 119 Å². The minimum absolute atomic E-state index is 0.0281. The van der Waals surface area contributed by atoms with Crippen molar-refractivity contribution in [2.24, 2.45) is 4.99 Å². The zero-order valence-corrected chi connectivity index (χ0v) is 16.3. The first-order chi connectivity index (χ1) is 12.0. The zero-order chi connectivity index (χ0) is 19.5. The number of aliphatic imine (C=N–C) groups is 1. The van der Waals surface area contributed by atoms with Gasteiger partial charge in [0, 0.05) is 7.05 Å². The summed E-state index contributed by atoms with van der Waals surface area (Å²) in [5.41, 5.74) is -0.160. The number of rotatable bonds is 4. The molecule has 141 valence electrons. The third kappa shape index (κ3) is 5.92. The van der Waals surface area contributed by atoms with Crippen LogP contribution >= 0.6 is 11.8 Å². The molecule has 1 saturated heterocycles. The summed E-state index contributed by atoms with van der Waals surface area (Å²) in [5, 5.41) is 0.568. The fraction of sp³-hybridized carbons (Fsp3) is 0.400. The van der Waals surface area contributed by atoms with Crippen molar-refractivity contribution in [2.75, 3.05) is 12.8 Å². The number of hydrogen-bond donors (Lipinski definition) is 1. The lowest BCUT2D eigenvalue weighted by molar-refractivity contribution is -0.123. The van der Waals surface area contributed by atoms with E-state index >= 15 is 0 Å². The van der Waals surface area contributed by atoms with Gasteiger partial charge in [-0.3, -0.25) is 9.69 Å². The molecule has 0 atom stereocenters. The van der Waals surface area contributed by atoms with Crippen LogP contribution < -0.4 is 9.44 Å². The molecule has 9 nitrogen and oxygen atoms in total. The van der Waals surface area contributed by atoms with Crippen molar-refractivity contribution >= 4 is 50.5 Å². The summed E-state index contributed by atoms with van der Waals surface area (Å²) in [7, 11) is -2.61. The second kappa shape index (κ2) is 7.54. The van der Waals surface area contributed by atoms with Gasteiger partial charge in [0.2, 0.25) is 5.91 Å². The summed E-state index contributed by atoms with van der Waals surface area (Å²) in [6.45, 7) is 4.85. The van der Waals surface area contributed by atoms with Crippen LogP contribution in [0.2, 0.25) is 0 Å². The molecule has 26 heavy (non-hydrogen) atoms. The minimum atomic E-state index is -4.25. The highest BCUT2D eigenvalue weighted by molar-refractivity contribution is 8.15. The molecule has 1 fully saturated rings. The van der Waals surface area contributed by atoms with E-state index in [4.69, 9.17) is 4.74 Å². The molecular weight excluding hydrogens is 380 g/mol. The van der Waals surface area contributed by atoms with Crippen LogP contribution in [-0.2, 0) is 19.7 Å². The highest BCUT2D eigenvalue weighted by Gasteiger charge is 2.24. The molecule has 0 saturated carbocycles. The molecular formula is C15H19N4O5S2. The van der Waals surface area contributed by atoms with Crippen LogP contribution in [0, 0.1) is 0 Å². The van der Waals surface area contributed by atoms with Gasteiger partial charge in [-0.1, -0.05) is 11.8 Å². The van der Waals surface area contributed by atoms with E-state index in [1.54, 1.807) is 44.7 Å². The van der Waals surface area contributed by atoms with Gasteiger partial charge in [-0.25, -0.2) is 9.79 Å². The number of carbonyl (C=O) groups is 2. The predicted molar refractivity (Wildman–Crippen MR) is 98.8 cm³/mol. The molecule has 2 amide bonds. The molecule has 0 aliphatic carbocycles. The Kier molecular flexibility index (Phi) is 5.81. The molecule has 1 aromatic carbocycles. The normalized spacial score (nSPS) is 16.7. The van der Waals surface area contributed by atoms with Crippen LogP contribution in [-0.4, -0.2) is 48.9 Å². The van der Waals surface area contributed by atoms with E-state index in [-0.39, 0.29) is 11.6 Å². The Hall–Kier alpha value is -2.27. The monoisotopic (exact) mass is 399 g/mol. The van der Waals surface area contributed by atoms with Gasteiger partial charge in [0.05, 0.1) is 17.1 Å². The second-order valence-electron chi connectivity index (χ2n) is 6.32. The van der Waals surface area contributed by atoms with Crippen LogP contribution in [0.15, 0.2) is 29.3 Å². The van der Waals surface area contributed by atoms with Crippen molar-refractivity contribution in [3.63, 3.8) is 0 Å². The first kappa shape index (κ1) is 20.0. The number of amides is 2. The molecule has 1 heterocycles. The lowest BCUT2D eigenvalue weighted by Gasteiger charge is -2.19. The van der Waals surface area contributed by atoms with Crippen LogP contribution in [0.25, 0.3) is 0 Å². The largest absolute Gasteiger partial charge is 0.443 e. The van der Waals surface area contributed by atoms with Crippen molar-refractivity contribution in [1.82, 2.24) is 14.3 Å². The van der Waals surface area contributed by atoms with E-state index in [9.17, 15) is 18.0 Å². The third-order valence-corrected chi connectivity index (χ3v) is 4.79. The van der Waals surface area contributed by atoms with E-state index in [1.807, 2.05) is 0 Å². The maximum Gasteiger partial charge on any atom is 0.422 e. The Morgan fingerprint density at radius 2 is 1.81 bits per heavy atom. The maximum absolute atomic E-state index is 11.9. The Morgan fingerprint density at radius 3 is 2.31 bits per heavy atom. The molecule has 1 aliphatic rings. The molecule has 2 rings (SSSR count). The van der Waals surface area contributed by atoms with Gasteiger partial charge in [-0.05, 0) is 45.0 Å². The molecule has 1 N–H and O–H groups in total. The van der Waals surface area contributed by atoms with Crippen LogP contribution in [0.3, 0.4) is 0 Å². The van der Waals surface area contributed by atoms with E-state index in [1.165, 1.54) is 28.8 Å². The molecule has 11 heteroatoms. The number of hydrogen-bond acceptors (Lipinski definition) is 7. The first-order valence-corrected chi connectivity index (χ1v) is 9.95. The summed E-state index contributed by atoms with van der Waals surface area (Å²) in [6, 6.07) is 6.00. The Bertz CT molecular complexity index is 829. The fourth-order valence-electron chi connectivity index (χ4n) is 1.80. The average Bonchev–Trinajstić information content (AvgIpc) is 2.78. The Morgan fingerprint density at radius 1 is 1.23 bits per heavy atom. The van der Waals surface area contributed by atoms with Gasteiger partial charge in [-0.15, -0.1) is 4.72 Å². The predicted octanol–water partition coefficient (Wildman–Crippen LogP) is 1.88. The van der Waals surface area contributed by atoms with E-state index < -0.39 is 21.9 Å². The molecule has 0 spiro atoms. The van der Waals surface area contributed by atoms with Gasteiger partial charge < -0.3 is 4.74 Å². The molecule has 0 unspecified atom stereocenters. The van der Waals surface area contributed by atoms with Crippen molar-refractivity contribution < 1.29 is 22.7 Å². The Labute approximate surface area is 156 Å². The van der Waals surface area contributed by atoms with Crippen molar-refractivity contribution in [1.29, 1.82) is 0 Å². The van der Waals surface area contributed by atoms with Crippen molar-refractivity contribution in [3.05, 3.63) is 24.3 Å². The molecule has 1 radical (unpaired) electrons. The number of nitrogens with one attached hydrogen (secondary N) is 1. The van der Waals surface area contributed by atoms with Gasteiger partial charge in [0.15, 0.2) is 5.17 Å². The van der Waals surface area contributed by atoms with Gasteiger partial charge in [0.1, 0.15) is 5.60 Å². The zero-order valence-electron chi connectivity index (χ0n) is 14.7. The summed E-state index contributed by atoms with van der Waals surface area (Å²) in [5.74, 6) is 0.316. The van der Waals surface area contributed by atoms with Gasteiger partial charge in [0.25, 0.3) is 0 Å². The van der Waals surface area contributed by atoms with Crippen molar-refractivity contribution in [2.45, 2.75) is 26.4 Å². The van der Waals surface area contributed by atoms with Gasteiger partial charge in [-0.2, -0.15) is 13.1 Å². The summed E-state index contributed by atoms with van der Waals surface area (Å²) >= 11 is 1.32. The standard InChI is InChI=1S/C15H19N4O5S2/c1-15(2,3)24-14(21)18-26(22,23)17-11-7-5-10(6-8-11)16-13-19(4)12(20)9-25-13/h5-8H,9H2,1-4H3,(H,18,21)/b16-13-. The molecule has 0 bridgehead atoms. The third-order valence-electron chi connectivity index (χ3n) is 2.90. The molecule has 1 aromatic rings. The number of amidine groups is 1. The lowest BCUT2D eigenvalue weighted by atomic mass is 10.2. The number of thioether (sulfide) groups is 1. The van der Waals surface area contributed by atoms with Crippen LogP contribution in [0.1, 0.15) is 20.8 Å². The number of ether oxygens (including phenoxy) is 1. The average molecular weight is 399 g/mol. The first-order valence-electron chi connectivity index (χ1n) is 7.52. The molecule has 0 aromatic heterocycles. The van der Waals surface area contributed by atoms with E-state index in [0.29, 0.717) is 16.6 Å². The van der Waals surface area contributed by atoms with Gasteiger partial charge >= 0.3 is 16.3 Å². The highest BCUT2D eigenvalue weighted by atomic mass is 32.2.